The highest BCUT2D eigenvalue weighted by Crippen LogP contribution is 2.50. The molecule has 0 radical (unpaired) electrons. The monoisotopic (exact) mass is 279 g/mol. The van der Waals surface area contributed by atoms with Crippen LogP contribution >= 0.6 is 0 Å². The maximum Gasteiger partial charge on any atom is 0.269 e. The number of rotatable bonds is 3. The van der Waals surface area contributed by atoms with Crippen LogP contribution in [0.1, 0.15) is 46.6 Å². The number of nitro benzene ring substituents is 1. The number of ether oxygens (including phenoxy) is 2. The molecule has 0 bridgehead atoms. The smallest absolute Gasteiger partial charge is 0.269 e. The molecule has 0 N–H and O–H groups in total. The van der Waals surface area contributed by atoms with Crippen LogP contribution < -0.4 is 0 Å². The molecule has 5 heteroatoms. The summed E-state index contributed by atoms with van der Waals surface area (Å²) in [7, 11) is 0. The molecule has 0 atom stereocenters. The minimum absolute atomic E-state index is 0.0662. The summed E-state index contributed by atoms with van der Waals surface area (Å²) >= 11 is 0. The zero-order chi connectivity index (χ0) is 15.2. The summed E-state index contributed by atoms with van der Waals surface area (Å²) in [6.45, 7) is 9.97. The lowest BCUT2D eigenvalue weighted by molar-refractivity contribution is -0.384. The Kier molecular flexibility index (Phi) is 3.38. The average molecular weight is 279 g/mol. The molecular formula is C15H21NO4. The lowest BCUT2D eigenvalue weighted by Gasteiger charge is -2.30. The highest BCUT2D eigenvalue weighted by atomic mass is 16.8. The van der Waals surface area contributed by atoms with E-state index < -0.39 is 21.9 Å². The van der Waals surface area contributed by atoms with E-state index in [9.17, 15) is 10.1 Å². The molecule has 1 aromatic rings. The molecule has 1 saturated heterocycles. The SMILES string of the molecule is CCC1(c2ccc([N+](=O)[O-])cc2)OC(C)(C)C(C)(C)O1. The van der Waals surface area contributed by atoms with Crippen molar-refractivity contribution in [3.63, 3.8) is 0 Å². The second-order valence-electron chi connectivity index (χ2n) is 6.14. The van der Waals surface area contributed by atoms with Gasteiger partial charge in [0.25, 0.3) is 5.69 Å². The number of non-ortho nitro benzene ring substituents is 1. The Hall–Kier alpha value is -1.46. The molecule has 0 aliphatic carbocycles. The first kappa shape index (κ1) is 14.9. The van der Waals surface area contributed by atoms with Crippen LogP contribution in [-0.4, -0.2) is 16.1 Å². The van der Waals surface area contributed by atoms with Gasteiger partial charge >= 0.3 is 0 Å². The van der Waals surface area contributed by atoms with Crippen molar-refractivity contribution in [1.82, 2.24) is 0 Å². The minimum Gasteiger partial charge on any atom is -0.337 e. The summed E-state index contributed by atoms with van der Waals surface area (Å²) in [6, 6.07) is 6.38. The number of hydrogen-bond donors (Lipinski definition) is 0. The normalized spacial score (nSPS) is 22.6. The summed E-state index contributed by atoms with van der Waals surface area (Å²) in [6.07, 6.45) is 0.637. The fourth-order valence-electron chi connectivity index (χ4n) is 2.39. The second-order valence-corrected chi connectivity index (χ2v) is 6.14. The van der Waals surface area contributed by atoms with Crippen LogP contribution in [0.25, 0.3) is 0 Å². The summed E-state index contributed by atoms with van der Waals surface area (Å²) in [5, 5.41) is 10.7. The Morgan fingerprint density at radius 3 is 1.85 bits per heavy atom. The molecule has 1 fully saturated rings. The van der Waals surface area contributed by atoms with Crippen molar-refractivity contribution in [3.8, 4) is 0 Å². The van der Waals surface area contributed by atoms with Gasteiger partial charge in [0, 0.05) is 24.1 Å². The molecule has 0 spiro atoms. The molecule has 0 unspecified atom stereocenters. The first-order valence-electron chi connectivity index (χ1n) is 6.79. The highest BCUT2D eigenvalue weighted by Gasteiger charge is 2.56. The van der Waals surface area contributed by atoms with Crippen molar-refractivity contribution < 1.29 is 14.4 Å². The van der Waals surface area contributed by atoms with Crippen LogP contribution in [-0.2, 0) is 15.3 Å². The van der Waals surface area contributed by atoms with E-state index in [0.29, 0.717) is 6.42 Å². The van der Waals surface area contributed by atoms with E-state index in [-0.39, 0.29) is 5.69 Å². The fraction of sp³-hybridized carbons (Fsp3) is 0.600. The van der Waals surface area contributed by atoms with E-state index in [1.54, 1.807) is 12.1 Å². The summed E-state index contributed by atoms with van der Waals surface area (Å²) in [5.74, 6) is -0.845. The van der Waals surface area contributed by atoms with Gasteiger partial charge in [-0.25, -0.2) is 0 Å². The maximum absolute atomic E-state index is 10.7. The molecule has 1 aliphatic rings. The van der Waals surface area contributed by atoms with Crippen molar-refractivity contribution in [2.45, 2.75) is 58.0 Å². The van der Waals surface area contributed by atoms with Gasteiger partial charge in [-0.05, 0) is 39.8 Å². The molecule has 5 nitrogen and oxygen atoms in total. The van der Waals surface area contributed by atoms with Gasteiger partial charge in [-0.1, -0.05) is 6.92 Å². The van der Waals surface area contributed by atoms with Crippen LogP contribution in [0, 0.1) is 10.1 Å². The molecule has 110 valence electrons. The fourth-order valence-corrected chi connectivity index (χ4v) is 2.39. The molecule has 0 aromatic heterocycles. The predicted octanol–water partition coefficient (Wildman–Crippen LogP) is 3.76. The minimum atomic E-state index is -0.845. The van der Waals surface area contributed by atoms with Gasteiger partial charge in [-0.2, -0.15) is 0 Å². The van der Waals surface area contributed by atoms with Crippen molar-refractivity contribution >= 4 is 5.69 Å². The van der Waals surface area contributed by atoms with E-state index in [2.05, 4.69) is 0 Å². The van der Waals surface area contributed by atoms with Crippen molar-refractivity contribution in [3.05, 3.63) is 39.9 Å². The van der Waals surface area contributed by atoms with Crippen molar-refractivity contribution in [2.24, 2.45) is 0 Å². The summed E-state index contributed by atoms with van der Waals surface area (Å²) in [5.41, 5.74) is -0.00368. The zero-order valence-electron chi connectivity index (χ0n) is 12.6. The third kappa shape index (κ3) is 2.21. The Bertz CT molecular complexity index is 503. The van der Waals surface area contributed by atoms with Gasteiger partial charge in [0.15, 0.2) is 5.79 Å². The maximum atomic E-state index is 10.7. The van der Waals surface area contributed by atoms with E-state index >= 15 is 0 Å². The van der Waals surface area contributed by atoms with Crippen LogP contribution in [0.15, 0.2) is 24.3 Å². The Morgan fingerprint density at radius 1 is 1.05 bits per heavy atom. The average Bonchev–Trinajstić information content (AvgIpc) is 2.56. The Morgan fingerprint density at radius 2 is 1.50 bits per heavy atom. The third-order valence-electron chi connectivity index (χ3n) is 4.27. The van der Waals surface area contributed by atoms with Crippen molar-refractivity contribution in [1.29, 1.82) is 0 Å². The van der Waals surface area contributed by atoms with Gasteiger partial charge in [0.2, 0.25) is 0 Å². The summed E-state index contributed by atoms with van der Waals surface area (Å²) < 4.78 is 12.4. The molecule has 2 rings (SSSR count). The topological polar surface area (TPSA) is 61.6 Å². The van der Waals surface area contributed by atoms with Gasteiger partial charge in [0.1, 0.15) is 0 Å². The Labute approximate surface area is 119 Å². The van der Waals surface area contributed by atoms with Gasteiger partial charge in [0.05, 0.1) is 16.1 Å². The number of hydrogen-bond acceptors (Lipinski definition) is 4. The van der Waals surface area contributed by atoms with Crippen LogP contribution in [0.3, 0.4) is 0 Å². The molecular weight excluding hydrogens is 258 g/mol. The highest BCUT2D eigenvalue weighted by molar-refractivity contribution is 5.35. The third-order valence-corrected chi connectivity index (χ3v) is 4.27. The van der Waals surface area contributed by atoms with Gasteiger partial charge < -0.3 is 9.47 Å². The lowest BCUT2D eigenvalue weighted by atomic mass is 9.90. The standard InChI is InChI=1S/C15H21NO4/c1-6-15(19-13(2,3)14(4,5)20-15)11-7-9-12(10-8-11)16(17)18/h7-10H,6H2,1-5H3. The quantitative estimate of drug-likeness (QED) is 0.624. The molecule has 1 aromatic carbocycles. The van der Waals surface area contributed by atoms with E-state index in [1.165, 1.54) is 12.1 Å². The molecule has 0 amide bonds. The molecule has 20 heavy (non-hydrogen) atoms. The largest absolute Gasteiger partial charge is 0.337 e. The van der Waals surface area contributed by atoms with E-state index in [1.807, 2.05) is 34.6 Å². The van der Waals surface area contributed by atoms with Crippen LogP contribution in [0.4, 0.5) is 5.69 Å². The first-order chi connectivity index (χ1) is 9.13. The van der Waals surface area contributed by atoms with Crippen molar-refractivity contribution in [2.75, 3.05) is 0 Å². The lowest BCUT2D eigenvalue weighted by Crippen LogP contribution is -2.41. The van der Waals surface area contributed by atoms with Gasteiger partial charge in [-0.3, -0.25) is 10.1 Å². The first-order valence-corrected chi connectivity index (χ1v) is 6.79. The number of benzene rings is 1. The second kappa shape index (κ2) is 4.53. The zero-order valence-corrected chi connectivity index (χ0v) is 12.6. The molecule has 1 heterocycles. The van der Waals surface area contributed by atoms with E-state index in [0.717, 1.165) is 5.56 Å². The van der Waals surface area contributed by atoms with Crippen LogP contribution in [0.2, 0.25) is 0 Å². The predicted molar refractivity (Wildman–Crippen MR) is 75.4 cm³/mol. The van der Waals surface area contributed by atoms with Crippen LogP contribution in [0.5, 0.6) is 0 Å². The van der Waals surface area contributed by atoms with Gasteiger partial charge in [-0.15, -0.1) is 0 Å². The van der Waals surface area contributed by atoms with E-state index in [4.69, 9.17) is 9.47 Å². The molecule has 0 saturated carbocycles. The number of nitrogens with zero attached hydrogens (tertiary/aromatic N) is 1. The summed E-state index contributed by atoms with van der Waals surface area (Å²) in [4.78, 5) is 10.3. The number of nitro groups is 1. The Balaban J connectivity index is 2.41. The molecule has 1 aliphatic heterocycles.